The first-order valence-corrected chi connectivity index (χ1v) is 10.3. The predicted molar refractivity (Wildman–Crippen MR) is 109 cm³/mol. The van der Waals surface area contributed by atoms with E-state index in [4.69, 9.17) is 4.98 Å². The molecule has 1 amide bonds. The topological polar surface area (TPSA) is 83.9 Å². The molecule has 3 rings (SSSR count). The fourth-order valence-electron chi connectivity index (χ4n) is 3.58. The Bertz CT molecular complexity index is 759. The van der Waals surface area contributed by atoms with Crippen molar-refractivity contribution in [3.05, 3.63) is 41.7 Å². The molecule has 0 radical (unpaired) electrons. The van der Waals surface area contributed by atoms with E-state index >= 15 is 0 Å². The smallest absolute Gasteiger partial charge is 0.225 e. The highest BCUT2D eigenvalue weighted by Gasteiger charge is 2.17. The van der Waals surface area contributed by atoms with Crippen LogP contribution >= 0.6 is 0 Å². The molecule has 0 saturated carbocycles. The predicted octanol–water partition coefficient (Wildman–Crippen LogP) is 3.16. The molecule has 1 atom stereocenters. The Morgan fingerprint density at radius 1 is 1.11 bits per heavy atom. The molecule has 150 valence electrons. The molecule has 0 bridgehead atoms. The molecule has 1 aliphatic rings. The molecule has 0 aromatic carbocycles. The quantitative estimate of drug-likeness (QED) is 0.826. The number of rotatable bonds is 6. The Kier molecular flexibility index (Phi) is 7.28. The maximum atomic E-state index is 12.3. The second kappa shape index (κ2) is 10.1. The van der Waals surface area contributed by atoms with Crippen LogP contribution in [-0.2, 0) is 11.2 Å². The van der Waals surface area contributed by atoms with Gasteiger partial charge in [0.05, 0.1) is 11.7 Å². The van der Waals surface area contributed by atoms with Gasteiger partial charge in [-0.1, -0.05) is 19.3 Å². The largest absolute Gasteiger partial charge is 0.349 e. The number of aromatic nitrogens is 4. The number of aryl methyl sites for hydroxylation is 2. The van der Waals surface area contributed by atoms with Crippen molar-refractivity contribution in [2.45, 2.75) is 64.8 Å². The van der Waals surface area contributed by atoms with E-state index in [1.165, 1.54) is 32.1 Å². The van der Waals surface area contributed by atoms with Crippen LogP contribution in [0.5, 0.6) is 0 Å². The van der Waals surface area contributed by atoms with Gasteiger partial charge in [-0.2, -0.15) is 0 Å². The van der Waals surface area contributed by atoms with Crippen molar-refractivity contribution in [3.63, 3.8) is 0 Å². The van der Waals surface area contributed by atoms with Gasteiger partial charge in [-0.3, -0.25) is 14.8 Å². The van der Waals surface area contributed by atoms with Gasteiger partial charge in [0, 0.05) is 55.6 Å². The van der Waals surface area contributed by atoms with Crippen LogP contribution in [0.3, 0.4) is 0 Å². The van der Waals surface area contributed by atoms with Crippen molar-refractivity contribution in [3.8, 4) is 0 Å². The van der Waals surface area contributed by atoms with Gasteiger partial charge in [0.2, 0.25) is 11.9 Å². The van der Waals surface area contributed by atoms with Crippen molar-refractivity contribution >= 4 is 11.9 Å². The molecule has 1 saturated heterocycles. The number of nitrogens with zero attached hydrogens (tertiary/aromatic N) is 5. The lowest BCUT2D eigenvalue weighted by Crippen LogP contribution is -2.30. The van der Waals surface area contributed by atoms with E-state index in [1.54, 1.807) is 18.6 Å². The average Bonchev–Trinajstić information content (AvgIpc) is 2.67. The molecular weight excluding hydrogens is 352 g/mol. The zero-order chi connectivity index (χ0) is 19.8. The zero-order valence-corrected chi connectivity index (χ0v) is 16.9. The van der Waals surface area contributed by atoms with E-state index in [2.05, 4.69) is 25.2 Å². The Hall–Kier alpha value is -2.57. The monoisotopic (exact) mass is 382 g/mol. The Balaban J connectivity index is 1.57. The third kappa shape index (κ3) is 5.71. The van der Waals surface area contributed by atoms with Gasteiger partial charge in [0.1, 0.15) is 0 Å². The Morgan fingerprint density at radius 2 is 1.86 bits per heavy atom. The van der Waals surface area contributed by atoms with Gasteiger partial charge in [-0.25, -0.2) is 9.97 Å². The number of carbonyl (C=O) groups excluding carboxylic acids is 1. The summed E-state index contributed by atoms with van der Waals surface area (Å²) in [6.07, 6.45) is 14.1. The first kappa shape index (κ1) is 20.2. The minimum Gasteiger partial charge on any atom is -0.349 e. The third-order valence-corrected chi connectivity index (χ3v) is 5.21. The Morgan fingerprint density at radius 3 is 2.54 bits per heavy atom. The number of hydrogen-bond donors (Lipinski definition) is 1. The molecule has 28 heavy (non-hydrogen) atoms. The molecule has 1 aliphatic heterocycles. The average molecular weight is 383 g/mol. The van der Waals surface area contributed by atoms with Crippen LogP contribution in [-0.4, -0.2) is 38.9 Å². The summed E-state index contributed by atoms with van der Waals surface area (Å²) >= 11 is 0. The maximum absolute atomic E-state index is 12.3. The summed E-state index contributed by atoms with van der Waals surface area (Å²) in [6, 6.07) is -0.129. The van der Waals surface area contributed by atoms with Gasteiger partial charge in [-0.05, 0) is 33.1 Å². The van der Waals surface area contributed by atoms with E-state index in [1.807, 2.05) is 20.0 Å². The first-order valence-electron chi connectivity index (χ1n) is 10.3. The standard InChI is InChI=1S/C21H30N6O/c1-16(25-20(28)9-8-18-14-22-10-11-23-18)19-15-24-21(26-17(19)2)27-12-6-4-3-5-7-13-27/h10-11,14-16H,3-9,12-13H2,1-2H3,(H,25,28)/t16-/m0/s1. The second-order valence-corrected chi connectivity index (χ2v) is 7.45. The van der Waals surface area contributed by atoms with Gasteiger partial charge in [0.25, 0.3) is 0 Å². The third-order valence-electron chi connectivity index (χ3n) is 5.21. The summed E-state index contributed by atoms with van der Waals surface area (Å²) in [6.45, 7) is 6.01. The molecular formula is C21H30N6O. The van der Waals surface area contributed by atoms with Crippen LogP contribution in [0.15, 0.2) is 24.8 Å². The highest BCUT2D eigenvalue weighted by Crippen LogP contribution is 2.20. The normalized spacial score (nSPS) is 16.1. The van der Waals surface area contributed by atoms with Gasteiger partial charge >= 0.3 is 0 Å². The minimum absolute atomic E-state index is 0.00889. The summed E-state index contributed by atoms with van der Waals surface area (Å²) in [5.41, 5.74) is 2.71. The molecule has 3 heterocycles. The van der Waals surface area contributed by atoms with Crippen molar-refractivity contribution in [2.24, 2.45) is 0 Å². The highest BCUT2D eigenvalue weighted by atomic mass is 16.1. The number of nitrogens with one attached hydrogen (secondary N) is 1. The van der Waals surface area contributed by atoms with Crippen molar-refractivity contribution < 1.29 is 4.79 Å². The molecule has 1 N–H and O–H groups in total. The lowest BCUT2D eigenvalue weighted by atomic mass is 10.1. The van der Waals surface area contributed by atoms with Crippen LogP contribution in [0.2, 0.25) is 0 Å². The molecule has 2 aromatic heterocycles. The van der Waals surface area contributed by atoms with E-state index in [0.29, 0.717) is 12.8 Å². The minimum atomic E-state index is -0.129. The van der Waals surface area contributed by atoms with Crippen LogP contribution in [0.25, 0.3) is 0 Å². The summed E-state index contributed by atoms with van der Waals surface area (Å²) in [5, 5.41) is 3.04. The van der Waals surface area contributed by atoms with E-state index in [9.17, 15) is 4.79 Å². The first-order chi connectivity index (χ1) is 13.6. The maximum Gasteiger partial charge on any atom is 0.225 e. The zero-order valence-electron chi connectivity index (χ0n) is 16.9. The van der Waals surface area contributed by atoms with Crippen LogP contribution in [0.4, 0.5) is 5.95 Å². The highest BCUT2D eigenvalue weighted by molar-refractivity contribution is 5.76. The lowest BCUT2D eigenvalue weighted by molar-refractivity contribution is -0.121. The summed E-state index contributed by atoms with van der Waals surface area (Å²) in [4.78, 5) is 32.1. The fourth-order valence-corrected chi connectivity index (χ4v) is 3.58. The van der Waals surface area contributed by atoms with E-state index < -0.39 is 0 Å². The van der Waals surface area contributed by atoms with E-state index in [0.717, 1.165) is 36.0 Å². The van der Waals surface area contributed by atoms with Crippen molar-refractivity contribution in [1.82, 2.24) is 25.3 Å². The summed E-state index contributed by atoms with van der Waals surface area (Å²) in [7, 11) is 0. The molecule has 0 spiro atoms. The lowest BCUT2D eigenvalue weighted by Gasteiger charge is -2.25. The Labute approximate surface area is 167 Å². The van der Waals surface area contributed by atoms with Gasteiger partial charge in [-0.15, -0.1) is 0 Å². The van der Waals surface area contributed by atoms with Gasteiger partial charge < -0.3 is 10.2 Å². The van der Waals surface area contributed by atoms with Crippen LogP contribution in [0, 0.1) is 6.92 Å². The summed E-state index contributed by atoms with van der Waals surface area (Å²) < 4.78 is 0. The molecule has 7 heteroatoms. The van der Waals surface area contributed by atoms with Crippen molar-refractivity contribution in [2.75, 3.05) is 18.0 Å². The molecule has 1 fully saturated rings. The fraction of sp³-hybridized carbons (Fsp3) is 0.571. The van der Waals surface area contributed by atoms with E-state index in [-0.39, 0.29) is 11.9 Å². The molecule has 2 aromatic rings. The second-order valence-electron chi connectivity index (χ2n) is 7.45. The number of carbonyl (C=O) groups is 1. The molecule has 0 unspecified atom stereocenters. The summed E-state index contributed by atoms with van der Waals surface area (Å²) in [5.74, 6) is 0.801. The van der Waals surface area contributed by atoms with Crippen molar-refractivity contribution in [1.29, 1.82) is 0 Å². The molecule has 0 aliphatic carbocycles. The van der Waals surface area contributed by atoms with Crippen LogP contribution in [0.1, 0.15) is 68.4 Å². The van der Waals surface area contributed by atoms with Crippen LogP contribution < -0.4 is 10.2 Å². The number of amides is 1. The van der Waals surface area contributed by atoms with Gasteiger partial charge in [0.15, 0.2) is 0 Å². The number of hydrogen-bond acceptors (Lipinski definition) is 6. The SMILES string of the molecule is Cc1nc(N2CCCCCCC2)ncc1[C@H](C)NC(=O)CCc1cnccn1. The molecule has 7 nitrogen and oxygen atoms in total. The number of anilines is 1.